The average molecular weight is 444 g/mol. The second kappa shape index (κ2) is 12.3. The molecule has 1 aromatic heterocycles. The molecule has 3 rings (SSSR count). The Morgan fingerprint density at radius 3 is 2.58 bits per heavy atom. The quantitative estimate of drug-likeness (QED) is 0.475. The number of para-hydroxylation sites is 1. The molecule has 0 atom stereocenters. The molecule has 31 heavy (non-hydrogen) atoms. The van der Waals surface area contributed by atoms with Gasteiger partial charge < -0.3 is 19.9 Å². The number of benzene rings is 1. The Morgan fingerprint density at radius 1 is 1.13 bits per heavy atom. The van der Waals surface area contributed by atoms with Gasteiger partial charge >= 0.3 is 0 Å². The highest BCUT2D eigenvalue weighted by molar-refractivity contribution is 7.09. The van der Waals surface area contributed by atoms with Crippen LogP contribution in [0.25, 0.3) is 0 Å². The molecule has 0 aliphatic carbocycles. The number of thiophene rings is 1. The first-order valence-corrected chi connectivity index (χ1v) is 11.7. The van der Waals surface area contributed by atoms with Crippen LogP contribution in [0.1, 0.15) is 4.88 Å². The fourth-order valence-electron chi connectivity index (χ4n) is 3.30. The van der Waals surface area contributed by atoms with Crippen LogP contribution in [0, 0.1) is 0 Å². The van der Waals surface area contributed by atoms with E-state index in [1.54, 1.807) is 30.3 Å². The summed E-state index contributed by atoms with van der Waals surface area (Å²) in [6.45, 7) is 6.22. The monoisotopic (exact) mass is 443 g/mol. The highest BCUT2D eigenvalue weighted by Crippen LogP contribution is 2.10. The van der Waals surface area contributed by atoms with Crippen LogP contribution in [-0.2, 0) is 11.2 Å². The van der Waals surface area contributed by atoms with Gasteiger partial charge in [0.1, 0.15) is 18.9 Å². The van der Waals surface area contributed by atoms with Crippen molar-refractivity contribution in [2.45, 2.75) is 6.42 Å². The van der Waals surface area contributed by atoms with Crippen LogP contribution in [-0.4, -0.2) is 93.1 Å². The lowest BCUT2D eigenvalue weighted by molar-refractivity contribution is -0.127. The number of carbonyl (C=O) groups excluding carboxylic acids is 1. The molecule has 1 aliphatic rings. The van der Waals surface area contributed by atoms with Crippen molar-refractivity contribution < 1.29 is 9.53 Å². The van der Waals surface area contributed by atoms with E-state index in [-0.39, 0.29) is 12.5 Å². The summed E-state index contributed by atoms with van der Waals surface area (Å²) >= 11 is 1.77. The van der Waals surface area contributed by atoms with Crippen LogP contribution in [0.5, 0.6) is 5.75 Å². The number of guanidine groups is 1. The summed E-state index contributed by atoms with van der Waals surface area (Å²) in [4.78, 5) is 24.2. The van der Waals surface area contributed by atoms with Crippen LogP contribution in [0.2, 0.25) is 0 Å². The molecule has 1 N–H and O–H groups in total. The Bertz CT molecular complexity index is 803. The number of amides is 1. The highest BCUT2D eigenvalue weighted by atomic mass is 32.1. The minimum atomic E-state index is 0.00857. The summed E-state index contributed by atoms with van der Waals surface area (Å²) in [5, 5.41) is 5.57. The standard InChI is InChI=1S/C23H33N5O2S/c1-26(2)22(29)19-25-23(24-11-10-21-9-6-18-31-21)28-14-12-27(13-15-28)16-17-30-20-7-4-3-5-8-20/h3-9,18H,10-17,19H2,1-2H3,(H,24,25). The Hall–Kier alpha value is -2.58. The summed E-state index contributed by atoms with van der Waals surface area (Å²) in [7, 11) is 3.52. The summed E-state index contributed by atoms with van der Waals surface area (Å²) in [6.07, 6.45) is 0.953. The van der Waals surface area contributed by atoms with Gasteiger partial charge in [0.05, 0.1) is 0 Å². The lowest BCUT2D eigenvalue weighted by Gasteiger charge is -2.36. The van der Waals surface area contributed by atoms with Crippen molar-refractivity contribution >= 4 is 23.2 Å². The Kier molecular flexibility index (Phi) is 9.17. The topological polar surface area (TPSA) is 60.4 Å². The van der Waals surface area contributed by atoms with Crippen LogP contribution in [0.4, 0.5) is 0 Å². The molecule has 2 heterocycles. The van der Waals surface area contributed by atoms with Crippen molar-refractivity contribution in [3.8, 4) is 5.75 Å². The van der Waals surface area contributed by atoms with Crippen molar-refractivity contribution in [2.75, 3.05) is 66.5 Å². The molecule has 168 valence electrons. The van der Waals surface area contributed by atoms with Crippen molar-refractivity contribution in [1.82, 2.24) is 20.0 Å². The molecule has 0 bridgehead atoms. The lowest BCUT2D eigenvalue weighted by Crippen LogP contribution is -2.53. The molecule has 0 saturated carbocycles. The molecule has 0 radical (unpaired) electrons. The van der Waals surface area contributed by atoms with Crippen LogP contribution < -0.4 is 10.1 Å². The SMILES string of the molecule is CN(C)C(=O)CN=C(NCCc1cccs1)N1CCN(CCOc2ccccc2)CC1. The third-order valence-corrected chi connectivity index (χ3v) is 6.12. The van der Waals surface area contributed by atoms with Gasteiger partial charge in [0, 0.05) is 58.2 Å². The maximum atomic E-state index is 12.0. The Labute approximate surface area is 189 Å². The number of likely N-dealkylation sites (N-methyl/N-ethyl adjacent to an activating group) is 1. The molecular formula is C23H33N5O2S. The number of nitrogens with one attached hydrogen (secondary N) is 1. The minimum absolute atomic E-state index is 0.00857. The van der Waals surface area contributed by atoms with E-state index in [2.05, 4.69) is 37.6 Å². The van der Waals surface area contributed by atoms with E-state index >= 15 is 0 Å². The van der Waals surface area contributed by atoms with Crippen molar-refractivity contribution in [3.05, 3.63) is 52.7 Å². The molecule has 1 aromatic carbocycles. The molecule has 1 fully saturated rings. The van der Waals surface area contributed by atoms with E-state index in [0.717, 1.165) is 57.4 Å². The zero-order valence-electron chi connectivity index (χ0n) is 18.5. The number of piperazine rings is 1. The zero-order chi connectivity index (χ0) is 21.9. The molecular weight excluding hydrogens is 410 g/mol. The fraction of sp³-hybridized carbons (Fsp3) is 0.478. The van der Waals surface area contributed by atoms with Gasteiger partial charge in [-0.3, -0.25) is 9.69 Å². The zero-order valence-corrected chi connectivity index (χ0v) is 19.3. The molecule has 0 unspecified atom stereocenters. The Balaban J connectivity index is 1.46. The summed E-state index contributed by atoms with van der Waals surface area (Å²) in [5.41, 5.74) is 0. The number of carbonyl (C=O) groups is 1. The number of rotatable bonds is 9. The number of nitrogens with zero attached hydrogens (tertiary/aromatic N) is 4. The van der Waals surface area contributed by atoms with Crippen molar-refractivity contribution in [1.29, 1.82) is 0 Å². The van der Waals surface area contributed by atoms with Crippen LogP contribution in [0.15, 0.2) is 52.8 Å². The molecule has 1 aliphatic heterocycles. The summed E-state index contributed by atoms with van der Waals surface area (Å²) in [6, 6.07) is 14.2. The van der Waals surface area contributed by atoms with E-state index in [0.29, 0.717) is 6.61 Å². The first kappa shape index (κ1) is 23.1. The number of ether oxygens (including phenoxy) is 1. The first-order valence-electron chi connectivity index (χ1n) is 10.8. The smallest absolute Gasteiger partial charge is 0.243 e. The van der Waals surface area contributed by atoms with Gasteiger partial charge in [-0.1, -0.05) is 24.3 Å². The lowest BCUT2D eigenvalue weighted by atomic mass is 10.3. The average Bonchev–Trinajstić information content (AvgIpc) is 3.31. The van der Waals surface area contributed by atoms with Crippen molar-refractivity contribution in [3.63, 3.8) is 0 Å². The third-order valence-electron chi connectivity index (χ3n) is 5.19. The molecule has 7 nitrogen and oxygen atoms in total. The normalized spacial score (nSPS) is 15.0. The van der Waals surface area contributed by atoms with E-state index in [1.165, 1.54) is 4.88 Å². The maximum Gasteiger partial charge on any atom is 0.243 e. The number of hydrogen-bond donors (Lipinski definition) is 1. The predicted molar refractivity (Wildman–Crippen MR) is 127 cm³/mol. The molecule has 1 saturated heterocycles. The maximum absolute atomic E-state index is 12.0. The van der Waals surface area contributed by atoms with Gasteiger partial charge in [0.25, 0.3) is 0 Å². The van der Waals surface area contributed by atoms with Gasteiger partial charge in [-0.15, -0.1) is 11.3 Å². The summed E-state index contributed by atoms with van der Waals surface area (Å²) in [5.74, 6) is 1.75. The minimum Gasteiger partial charge on any atom is -0.492 e. The number of hydrogen-bond acceptors (Lipinski definition) is 5. The van der Waals surface area contributed by atoms with Gasteiger partial charge in [-0.05, 0) is 30.0 Å². The number of aliphatic imine (C=N–C) groups is 1. The molecule has 8 heteroatoms. The van der Waals surface area contributed by atoms with E-state index in [9.17, 15) is 4.79 Å². The van der Waals surface area contributed by atoms with Gasteiger partial charge in [0.15, 0.2) is 5.96 Å². The molecule has 1 amide bonds. The van der Waals surface area contributed by atoms with Gasteiger partial charge in [0.2, 0.25) is 5.91 Å². The van der Waals surface area contributed by atoms with E-state index < -0.39 is 0 Å². The van der Waals surface area contributed by atoms with Gasteiger partial charge in [-0.2, -0.15) is 0 Å². The predicted octanol–water partition coefficient (Wildman–Crippen LogP) is 2.02. The fourth-order valence-corrected chi connectivity index (χ4v) is 4.01. The first-order chi connectivity index (χ1) is 15.1. The largest absolute Gasteiger partial charge is 0.492 e. The second-order valence-electron chi connectivity index (χ2n) is 7.67. The van der Waals surface area contributed by atoms with E-state index in [1.807, 2.05) is 30.3 Å². The van der Waals surface area contributed by atoms with Crippen molar-refractivity contribution in [2.24, 2.45) is 4.99 Å². The summed E-state index contributed by atoms with van der Waals surface area (Å²) < 4.78 is 5.83. The second-order valence-corrected chi connectivity index (χ2v) is 8.71. The third kappa shape index (κ3) is 7.88. The molecule has 2 aromatic rings. The Morgan fingerprint density at radius 2 is 1.90 bits per heavy atom. The highest BCUT2D eigenvalue weighted by Gasteiger charge is 2.20. The molecule has 0 spiro atoms. The van der Waals surface area contributed by atoms with Crippen LogP contribution in [0.3, 0.4) is 0 Å². The van der Waals surface area contributed by atoms with E-state index in [4.69, 9.17) is 4.74 Å². The van der Waals surface area contributed by atoms with Crippen LogP contribution >= 0.6 is 11.3 Å². The van der Waals surface area contributed by atoms with Gasteiger partial charge in [-0.25, -0.2) is 4.99 Å².